The zero-order valence-electron chi connectivity index (χ0n) is 10.3. The molecule has 1 heterocycles. The zero-order chi connectivity index (χ0) is 12.2. The highest BCUT2D eigenvalue weighted by molar-refractivity contribution is 5.59. The topological polar surface area (TPSA) is 32.1 Å². The third-order valence-corrected chi connectivity index (χ3v) is 2.83. The van der Waals surface area contributed by atoms with Crippen molar-refractivity contribution in [1.82, 2.24) is 5.01 Å². The second-order valence-corrected chi connectivity index (χ2v) is 4.16. The van der Waals surface area contributed by atoms with Gasteiger partial charge in [0.25, 0.3) is 0 Å². The van der Waals surface area contributed by atoms with Crippen LogP contribution >= 0.6 is 0 Å². The largest absolute Gasteiger partial charge is 1.00 e. The first-order chi connectivity index (χ1) is 8.92. The van der Waals surface area contributed by atoms with E-state index in [4.69, 9.17) is 0 Å². The Hall–Kier alpha value is -2.04. The molecule has 0 radical (unpaired) electrons. The van der Waals surface area contributed by atoms with Crippen molar-refractivity contribution in [1.29, 1.82) is 0 Å². The summed E-state index contributed by atoms with van der Waals surface area (Å²) < 4.78 is 0. The fraction of sp³-hybridized carbons (Fsp3) is 0.0714. The number of quaternary nitrogens is 1. The lowest BCUT2D eigenvalue weighted by atomic mass is 10.3. The molecular weight excluding hydrogens is 260 g/mol. The highest BCUT2D eigenvalue weighted by Gasteiger charge is 2.20. The summed E-state index contributed by atoms with van der Waals surface area (Å²) in [5, 5.41) is 7.50. The standard InChI is InChI=1S/C14H14N4.ClH/c1-3-7-13(8-4-1)16-17-11-15-18(12-17)14-9-5-2-6-10-14;/h1-11,16H,12H2;1H. The smallest absolute Gasteiger partial charge is 0.201 e. The van der Waals surface area contributed by atoms with Gasteiger partial charge in [-0.2, -0.15) is 5.01 Å². The van der Waals surface area contributed by atoms with Crippen molar-refractivity contribution in [2.24, 2.45) is 5.10 Å². The Balaban J connectivity index is 0.00000133. The molecule has 3 rings (SSSR count). The maximum atomic E-state index is 4.44. The second kappa shape index (κ2) is 6.22. The van der Waals surface area contributed by atoms with Crippen molar-refractivity contribution >= 4 is 17.7 Å². The summed E-state index contributed by atoms with van der Waals surface area (Å²) in [6.07, 6.45) is 1.83. The highest BCUT2D eigenvalue weighted by atomic mass is 35.5. The Morgan fingerprint density at radius 3 is 2.26 bits per heavy atom. The van der Waals surface area contributed by atoms with Crippen molar-refractivity contribution in [2.75, 3.05) is 12.1 Å². The maximum absolute atomic E-state index is 4.44. The highest BCUT2D eigenvalue weighted by Crippen LogP contribution is 2.06. The van der Waals surface area contributed by atoms with E-state index in [1.165, 1.54) is 5.69 Å². The van der Waals surface area contributed by atoms with Crippen LogP contribution in [0.1, 0.15) is 0 Å². The number of rotatable bonds is 3. The van der Waals surface area contributed by atoms with Crippen molar-refractivity contribution in [3.8, 4) is 0 Å². The van der Waals surface area contributed by atoms with Crippen LogP contribution in [0.15, 0.2) is 65.8 Å². The molecule has 0 spiro atoms. The number of anilines is 1. The van der Waals surface area contributed by atoms with E-state index in [1.54, 1.807) is 0 Å². The molecule has 0 aliphatic carbocycles. The number of benzene rings is 2. The average molecular weight is 275 g/mol. The van der Waals surface area contributed by atoms with Gasteiger partial charge in [-0.1, -0.05) is 41.5 Å². The number of hydrazine groups is 1. The van der Waals surface area contributed by atoms with Gasteiger partial charge in [-0.25, -0.2) is 5.01 Å². The Bertz CT molecular complexity index is 530. The minimum absolute atomic E-state index is 0. The summed E-state index contributed by atoms with van der Waals surface area (Å²) in [6, 6.07) is 20.3. The van der Waals surface area contributed by atoms with Gasteiger partial charge in [0.05, 0.1) is 5.69 Å². The number of nitrogens with zero attached hydrogens (tertiary/aromatic N) is 2. The van der Waals surface area contributed by atoms with Gasteiger partial charge in [0, 0.05) is 12.1 Å². The van der Waals surface area contributed by atoms with Crippen LogP contribution < -0.4 is 22.8 Å². The number of nitrogens with one attached hydrogen (secondary N) is 2. The van der Waals surface area contributed by atoms with Crippen LogP contribution in [0.2, 0.25) is 0 Å². The minimum Gasteiger partial charge on any atom is -1.00 e. The third-order valence-electron chi connectivity index (χ3n) is 2.83. The van der Waals surface area contributed by atoms with Gasteiger partial charge < -0.3 is 12.4 Å². The van der Waals surface area contributed by atoms with Crippen LogP contribution in [-0.4, -0.2) is 18.0 Å². The number of hydrogen-bond acceptors (Lipinski definition) is 3. The van der Waals surface area contributed by atoms with Crippen LogP contribution in [-0.2, 0) is 0 Å². The van der Waals surface area contributed by atoms with Crippen LogP contribution in [0.3, 0.4) is 0 Å². The monoisotopic (exact) mass is 274 g/mol. The van der Waals surface area contributed by atoms with Crippen LogP contribution in [0.25, 0.3) is 0 Å². The van der Waals surface area contributed by atoms with Crippen molar-refractivity contribution in [3.05, 3.63) is 60.7 Å². The van der Waals surface area contributed by atoms with Gasteiger partial charge >= 0.3 is 0 Å². The first-order valence-electron chi connectivity index (χ1n) is 5.95. The lowest BCUT2D eigenvalue weighted by molar-refractivity contribution is -0.840. The molecule has 4 nitrogen and oxygen atoms in total. The quantitative estimate of drug-likeness (QED) is 0.710. The van der Waals surface area contributed by atoms with Gasteiger partial charge in [0.2, 0.25) is 6.67 Å². The molecule has 1 aliphatic rings. The molecule has 1 aliphatic heterocycles. The predicted molar refractivity (Wildman–Crippen MR) is 72.3 cm³/mol. The van der Waals surface area contributed by atoms with E-state index in [-0.39, 0.29) is 12.4 Å². The number of halogens is 1. The lowest BCUT2D eigenvalue weighted by Gasteiger charge is -2.16. The molecule has 5 heteroatoms. The minimum atomic E-state index is 0. The first kappa shape index (κ1) is 13.4. The van der Waals surface area contributed by atoms with Crippen LogP contribution in [0, 0.1) is 0 Å². The molecule has 0 saturated carbocycles. The first-order valence-corrected chi connectivity index (χ1v) is 5.95. The Morgan fingerprint density at radius 2 is 1.58 bits per heavy atom. The lowest BCUT2D eigenvalue weighted by Crippen LogP contribution is -3.02. The van der Waals surface area contributed by atoms with E-state index in [0.29, 0.717) is 0 Å². The van der Waals surface area contributed by atoms with E-state index >= 15 is 0 Å². The molecule has 2 aromatic carbocycles. The SMILES string of the molecule is C1=N[NH+](c2ccccc2)CN1Nc1ccccc1.[Cl-]. The van der Waals surface area contributed by atoms with Gasteiger partial charge in [-0.15, -0.1) is 0 Å². The molecule has 98 valence electrons. The van der Waals surface area contributed by atoms with E-state index in [1.807, 2.05) is 59.9 Å². The van der Waals surface area contributed by atoms with E-state index in [0.717, 1.165) is 17.4 Å². The fourth-order valence-electron chi connectivity index (χ4n) is 1.93. The summed E-state index contributed by atoms with van der Waals surface area (Å²) >= 11 is 0. The van der Waals surface area contributed by atoms with Crippen LogP contribution in [0.5, 0.6) is 0 Å². The van der Waals surface area contributed by atoms with Crippen molar-refractivity contribution in [3.63, 3.8) is 0 Å². The van der Waals surface area contributed by atoms with Crippen molar-refractivity contribution < 1.29 is 17.4 Å². The summed E-state index contributed by atoms with van der Waals surface area (Å²) in [7, 11) is 0. The molecule has 0 aromatic heterocycles. The van der Waals surface area contributed by atoms with Gasteiger partial charge in [0.15, 0.2) is 12.0 Å². The molecule has 0 amide bonds. The normalized spacial score (nSPS) is 17.1. The molecule has 0 fully saturated rings. The van der Waals surface area contributed by atoms with Gasteiger partial charge in [-0.05, 0) is 12.1 Å². The summed E-state index contributed by atoms with van der Waals surface area (Å²) in [4.78, 5) is 0. The molecule has 1 atom stereocenters. The van der Waals surface area contributed by atoms with Gasteiger partial charge in [-0.3, -0.25) is 5.43 Å². The number of para-hydroxylation sites is 2. The fourth-order valence-corrected chi connectivity index (χ4v) is 1.93. The summed E-state index contributed by atoms with van der Waals surface area (Å²) in [5.41, 5.74) is 5.54. The maximum Gasteiger partial charge on any atom is 0.201 e. The predicted octanol–water partition coefficient (Wildman–Crippen LogP) is -1.55. The second-order valence-electron chi connectivity index (χ2n) is 4.16. The molecule has 0 bridgehead atoms. The Morgan fingerprint density at radius 1 is 0.947 bits per heavy atom. The molecule has 0 saturated heterocycles. The summed E-state index contributed by atoms with van der Waals surface area (Å²) in [6.45, 7) is 0.777. The average Bonchev–Trinajstić information content (AvgIpc) is 2.89. The zero-order valence-corrected chi connectivity index (χ0v) is 11.1. The Labute approximate surface area is 118 Å². The van der Waals surface area contributed by atoms with Crippen LogP contribution in [0.4, 0.5) is 11.4 Å². The van der Waals surface area contributed by atoms with E-state index < -0.39 is 0 Å². The number of hydrogen-bond donors (Lipinski definition) is 2. The Kier molecular flexibility index (Phi) is 4.39. The van der Waals surface area contributed by atoms with E-state index in [9.17, 15) is 0 Å². The molecular formula is C14H15ClN4. The molecule has 2 aromatic rings. The van der Waals surface area contributed by atoms with Crippen molar-refractivity contribution in [2.45, 2.75) is 0 Å². The summed E-state index contributed by atoms with van der Waals surface area (Å²) in [5.74, 6) is 0. The van der Waals surface area contributed by atoms with E-state index in [2.05, 4.69) is 22.7 Å². The van der Waals surface area contributed by atoms with Gasteiger partial charge in [0.1, 0.15) is 0 Å². The third kappa shape index (κ3) is 3.24. The molecule has 1 unspecified atom stereocenters. The molecule has 2 N–H and O–H groups in total. The molecule has 19 heavy (non-hydrogen) atoms.